The minimum atomic E-state index is -1.10. The molecule has 0 atom stereocenters. The summed E-state index contributed by atoms with van der Waals surface area (Å²) in [6.07, 6.45) is 1.39. The van der Waals surface area contributed by atoms with Gasteiger partial charge in [0.15, 0.2) is 0 Å². The van der Waals surface area contributed by atoms with Crippen molar-refractivity contribution >= 4 is 29.5 Å². The van der Waals surface area contributed by atoms with E-state index in [9.17, 15) is 14.4 Å². The van der Waals surface area contributed by atoms with Crippen molar-refractivity contribution in [2.45, 2.75) is 11.8 Å². The summed E-state index contributed by atoms with van der Waals surface area (Å²) in [5.41, 5.74) is -0.0546. The molecular weight excluding hydrogens is 282 g/mol. The van der Waals surface area contributed by atoms with Crippen LogP contribution in [0.5, 0.6) is 0 Å². The van der Waals surface area contributed by atoms with Crippen LogP contribution in [0.2, 0.25) is 0 Å². The van der Waals surface area contributed by atoms with Crippen molar-refractivity contribution < 1.29 is 19.5 Å². The van der Waals surface area contributed by atoms with Gasteiger partial charge in [-0.1, -0.05) is 0 Å². The first-order valence-electron chi connectivity index (χ1n) is 5.82. The lowest BCUT2D eigenvalue weighted by Crippen LogP contribution is -2.34. The van der Waals surface area contributed by atoms with Crippen molar-refractivity contribution in [2.24, 2.45) is 0 Å². The summed E-state index contributed by atoms with van der Waals surface area (Å²) in [7, 11) is 0. The first-order chi connectivity index (χ1) is 9.49. The molecule has 0 saturated heterocycles. The number of aromatic nitrogens is 1. The molecular formula is C12H15N3O4S. The van der Waals surface area contributed by atoms with Crippen molar-refractivity contribution in [1.82, 2.24) is 15.6 Å². The van der Waals surface area contributed by atoms with Crippen molar-refractivity contribution in [3.05, 3.63) is 24.0 Å². The number of hydrogen-bond donors (Lipinski definition) is 3. The van der Waals surface area contributed by atoms with Gasteiger partial charge in [-0.15, -0.1) is 11.8 Å². The Balaban J connectivity index is 2.32. The molecule has 0 bridgehead atoms. The number of pyridine rings is 1. The summed E-state index contributed by atoms with van der Waals surface area (Å²) in [5, 5.41) is 14.0. The monoisotopic (exact) mass is 297 g/mol. The van der Waals surface area contributed by atoms with Crippen LogP contribution in [-0.4, -0.2) is 46.7 Å². The quantitative estimate of drug-likeness (QED) is 0.487. The lowest BCUT2D eigenvalue weighted by atomic mass is 10.3. The Hall–Kier alpha value is -2.09. The predicted octanol–water partition coefficient (Wildman–Crippen LogP) is 0.124. The number of nitrogens with zero attached hydrogens (tertiary/aromatic N) is 1. The molecule has 108 valence electrons. The molecule has 0 aliphatic heterocycles. The van der Waals surface area contributed by atoms with E-state index in [1.807, 2.05) is 0 Å². The summed E-state index contributed by atoms with van der Waals surface area (Å²) in [6, 6.07) is 3.05. The molecule has 0 aromatic carbocycles. The van der Waals surface area contributed by atoms with Crippen molar-refractivity contribution in [2.75, 3.05) is 18.8 Å². The van der Waals surface area contributed by atoms with Crippen LogP contribution in [0.15, 0.2) is 23.2 Å². The fourth-order valence-electron chi connectivity index (χ4n) is 1.26. The van der Waals surface area contributed by atoms with Crippen LogP contribution in [0.1, 0.15) is 17.4 Å². The Labute approximate surface area is 120 Å². The Morgan fingerprint density at radius 3 is 2.65 bits per heavy atom. The smallest absolute Gasteiger partial charge is 0.354 e. The molecule has 0 aliphatic carbocycles. The summed E-state index contributed by atoms with van der Waals surface area (Å²) >= 11 is 1.22. The molecule has 2 amide bonds. The summed E-state index contributed by atoms with van der Waals surface area (Å²) in [5.74, 6) is -1.27. The fraction of sp³-hybridized carbons (Fsp3) is 0.333. The standard InChI is InChI=1S/C12H15N3O4S/c1-8(16)13-4-5-15-11(17)7-20-9-2-3-14-10(6-9)12(18)19/h2-3,6H,4-5,7H2,1H3,(H,13,16)(H,15,17)(H,18,19). The second kappa shape index (κ2) is 8.16. The van der Waals surface area contributed by atoms with Crippen LogP contribution >= 0.6 is 11.8 Å². The molecule has 1 rings (SSSR count). The molecule has 7 nitrogen and oxygen atoms in total. The van der Waals surface area contributed by atoms with E-state index in [1.165, 1.54) is 30.9 Å². The molecule has 0 saturated carbocycles. The number of amides is 2. The van der Waals surface area contributed by atoms with Crippen LogP contribution in [0.25, 0.3) is 0 Å². The zero-order chi connectivity index (χ0) is 15.0. The maximum Gasteiger partial charge on any atom is 0.354 e. The van der Waals surface area contributed by atoms with Crippen LogP contribution < -0.4 is 10.6 Å². The Morgan fingerprint density at radius 1 is 1.30 bits per heavy atom. The number of hydrogen-bond acceptors (Lipinski definition) is 5. The maximum absolute atomic E-state index is 11.5. The molecule has 20 heavy (non-hydrogen) atoms. The second-order valence-corrected chi connectivity index (χ2v) is 4.85. The van der Waals surface area contributed by atoms with E-state index in [4.69, 9.17) is 5.11 Å². The third kappa shape index (κ3) is 6.19. The van der Waals surface area contributed by atoms with Crippen LogP contribution in [0.3, 0.4) is 0 Å². The minimum Gasteiger partial charge on any atom is -0.477 e. The molecule has 3 N–H and O–H groups in total. The van der Waals surface area contributed by atoms with Gasteiger partial charge in [0.05, 0.1) is 5.75 Å². The predicted molar refractivity (Wildman–Crippen MR) is 73.6 cm³/mol. The highest BCUT2D eigenvalue weighted by Gasteiger charge is 2.07. The fourth-order valence-corrected chi connectivity index (χ4v) is 2.01. The number of carboxylic acid groups (broad SMARTS) is 1. The number of carboxylic acids is 1. The molecule has 0 radical (unpaired) electrons. The van der Waals surface area contributed by atoms with Gasteiger partial charge in [-0.2, -0.15) is 0 Å². The largest absolute Gasteiger partial charge is 0.477 e. The lowest BCUT2D eigenvalue weighted by Gasteiger charge is -2.05. The molecule has 0 fully saturated rings. The number of rotatable bonds is 7. The van der Waals surface area contributed by atoms with E-state index in [0.29, 0.717) is 18.0 Å². The van der Waals surface area contributed by atoms with Gasteiger partial charge in [-0.25, -0.2) is 9.78 Å². The molecule has 0 aliphatic rings. The van der Waals surface area contributed by atoms with Crippen LogP contribution in [-0.2, 0) is 9.59 Å². The van der Waals surface area contributed by atoms with Gasteiger partial charge in [-0.05, 0) is 12.1 Å². The van der Waals surface area contributed by atoms with Gasteiger partial charge in [0.2, 0.25) is 11.8 Å². The van der Waals surface area contributed by atoms with Gasteiger partial charge in [0.25, 0.3) is 0 Å². The third-order valence-electron chi connectivity index (χ3n) is 2.14. The van der Waals surface area contributed by atoms with Gasteiger partial charge in [-0.3, -0.25) is 9.59 Å². The topological polar surface area (TPSA) is 108 Å². The van der Waals surface area contributed by atoms with E-state index >= 15 is 0 Å². The van der Waals surface area contributed by atoms with Crippen LogP contribution in [0, 0.1) is 0 Å². The van der Waals surface area contributed by atoms with Crippen molar-refractivity contribution in [3.63, 3.8) is 0 Å². The zero-order valence-electron chi connectivity index (χ0n) is 10.9. The van der Waals surface area contributed by atoms with E-state index in [2.05, 4.69) is 15.6 Å². The molecule has 0 spiro atoms. The molecule has 8 heteroatoms. The highest BCUT2D eigenvalue weighted by atomic mass is 32.2. The van der Waals surface area contributed by atoms with E-state index in [-0.39, 0.29) is 23.3 Å². The Kier molecular flexibility index (Phi) is 6.51. The number of thioether (sulfide) groups is 1. The van der Waals surface area contributed by atoms with Gasteiger partial charge < -0.3 is 15.7 Å². The highest BCUT2D eigenvalue weighted by Crippen LogP contribution is 2.17. The number of carbonyl (C=O) groups excluding carboxylic acids is 2. The maximum atomic E-state index is 11.5. The van der Waals surface area contributed by atoms with E-state index < -0.39 is 5.97 Å². The van der Waals surface area contributed by atoms with Gasteiger partial charge in [0.1, 0.15) is 5.69 Å². The number of nitrogens with one attached hydrogen (secondary N) is 2. The first kappa shape index (κ1) is 16.0. The van der Waals surface area contributed by atoms with Crippen molar-refractivity contribution in [1.29, 1.82) is 0 Å². The normalized spacial score (nSPS) is 9.85. The zero-order valence-corrected chi connectivity index (χ0v) is 11.7. The van der Waals surface area contributed by atoms with E-state index in [1.54, 1.807) is 6.07 Å². The molecule has 0 unspecified atom stereocenters. The SMILES string of the molecule is CC(=O)NCCNC(=O)CSc1ccnc(C(=O)O)c1. The number of aromatic carboxylic acids is 1. The summed E-state index contributed by atoms with van der Waals surface area (Å²) < 4.78 is 0. The number of carbonyl (C=O) groups is 3. The minimum absolute atomic E-state index is 0.0546. The van der Waals surface area contributed by atoms with Crippen molar-refractivity contribution in [3.8, 4) is 0 Å². The molecule has 1 aromatic rings. The highest BCUT2D eigenvalue weighted by molar-refractivity contribution is 8.00. The second-order valence-electron chi connectivity index (χ2n) is 3.80. The molecule has 1 heterocycles. The first-order valence-corrected chi connectivity index (χ1v) is 6.81. The Bertz CT molecular complexity index is 507. The average molecular weight is 297 g/mol. The summed E-state index contributed by atoms with van der Waals surface area (Å²) in [4.78, 5) is 37.2. The van der Waals surface area contributed by atoms with Gasteiger partial charge in [0, 0.05) is 31.1 Å². The lowest BCUT2D eigenvalue weighted by molar-refractivity contribution is -0.120. The average Bonchev–Trinajstić information content (AvgIpc) is 2.41. The van der Waals surface area contributed by atoms with Crippen LogP contribution in [0.4, 0.5) is 0 Å². The van der Waals surface area contributed by atoms with E-state index in [0.717, 1.165) is 0 Å². The third-order valence-corrected chi connectivity index (χ3v) is 3.14. The summed E-state index contributed by atoms with van der Waals surface area (Å²) in [6.45, 7) is 2.14. The Morgan fingerprint density at radius 2 is 2.00 bits per heavy atom. The van der Waals surface area contributed by atoms with Gasteiger partial charge >= 0.3 is 5.97 Å². The molecule has 1 aromatic heterocycles.